The van der Waals surface area contributed by atoms with Gasteiger partial charge in [0.15, 0.2) is 0 Å². The Morgan fingerprint density at radius 1 is 1.21 bits per heavy atom. The Hall–Kier alpha value is -2.04. The molecule has 0 bridgehead atoms. The average molecular weight is 262 g/mol. The molecule has 0 radical (unpaired) electrons. The van der Waals surface area contributed by atoms with Gasteiger partial charge in [0.25, 0.3) is 0 Å². The molecule has 5 heteroatoms. The number of benzene rings is 1. The van der Waals surface area contributed by atoms with Gasteiger partial charge in [-0.2, -0.15) is 0 Å². The molecular formula is C14H18N2O3. The second-order valence-electron chi connectivity index (χ2n) is 5.38. The van der Waals surface area contributed by atoms with Gasteiger partial charge in [-0.1, -0.05) is 12.1 Å². The number of carboxylic acid groups (broad SMARTS) is 1. The molecule has 1 aliphatic rings. The zero-order valence-corrected chi connectivity index (χ0v) is 11.1. The van der Waals surface area contributed by atoms with Crippen LogP contribution in [0.15, 0.2) is 24.3 Å². The smallest absolute Gasteiger partial charge is 0.319 e. The molecule has 19 heavy (non-hydrogen) atoms. The average Bonchev–Trinajstić information content (AvgIpc) is 3.13. The van der Waals surface area contributed by atoms with Crippen LogP contribution >= 0.6 is 0 Å². The fraction of sp³-hybridized carbons (Fsp3) is 0.429. The summed E-state index contributed by atoms with van der Waals surface area (Å²) < 4.78 is 0. The maximum atomic E-state index is 11.5. The Kier molecular flexibility index (Phi) is 3.46. The summed E-state index contributed by atoms with van der Waals surface area (Å²) in [5, 5.41) is 14.7. The van der Waals surface area contributed by atoms with Crippen molar-refractivity contribution in [3.05, 3.63) is 29.8 Å². The number of carbonyl (C=O) groups excluding carboxylic acids is 1. The molecule has 0 spiro atoms. The molecule has 0 atom stereocenters. The first kappa shape index (κ1) is 13.4. The number of anilines is 1. The lowest BCUT2D eigenvalue weighted by Gasteiger charge is -2.19. The Morgan fingerprint density at radius 3 is 2.26 bits per heavy atom. The number of carboxylic acids is 1. The third-order valence-electron chi connectivity index (χ3n) is 3.31. The largest absolute Gasteiger partial charge is 0.481 e. The number of urea groups is 1. The minimum absolute atomic E-state index is 0.215. The molecule has 1 aromatic carbocycles. The third-order valence-corrected chi connectivity index (χ3v) is 3.31. The highest BCUT2D eigenvalue weighted by Crippen LogP contribution is 2.25. The summed E-state index contributed by atoms with van der Waals surface area (Å²) in [5.74, 6) is -0.875. The lowest BCUT2D eigenvalue weighted by Crippen LogP contribution is -2.30. The van der Waals surface area contributed by atoms with E-state index in [1.165, 1.54) is 0 Å². The van der Waals surface area contributed by atoms with E-state index in [9.17, 15) is 9.59 Å². The highest BCUT2D eigenvalue weighted by molar-refractivity contribution is 5.89. The number of nitrogens with one attached hydrogen (secondary N) is 2. The van der Waals surface area contributed by atoms with Gasteiger partial charge in [0.05, 0.1) is 5.41 Å². The Bertz CT molecular complexity index is 490. The Balaban J connectivity index is 2.01. The Morgan fingerprint density at radius 2 is 1.79 bits per heavy atom. The molecule has 0 unspecified atom stereocenters. The van der Waals surface area contributed by atoms with E-state index in [-0.39, 0.29) is 6.03 Å². The van der Waals surface area contributed by atoms with Crippen LogP contribution in [0.4, 0.5) is 10.5 Å². The fourth-order valence-corrected chi connectivity index (χ4v) is 1.67. The summed E-state index contributed by atoms with van der Waals surface area (Å²) >= 11 is 0. The first-order chi connectivity index (χ1) is 8.89. The molecule has 1 aliphatic carbocycles. The molecule has 102 valence electrons. The zero-order valence-electron chi connectivity index (χ0n) is 11.1. The molecule has 5 nitrogen and oxygen atoms in total. The minimum Gasteiger partial charge on any atom is -0.481 e. The molecule has 0 aromatic heterocycles. The minimum atomic E-state index is -0.936. The van der Waals surface area contributed by atoms with Crippen LogP contribution in [0.5, 0.6) is 0 Å². The van der Waals surface area contributed by atoms with E-state index in [0.29, 0.717) is 17.3 Å². The molecule has 2 amide bonds. The quantitative estimate of drug-likeness (QED) is 0.779. The predicted octanol–water partition coefficient (Wildman–Crippen LogP) is 2.33. The number of amides is 2. The highest BCUT2D eigenvalue weighted by Gasteiger charge is 2.29. The number of rotatable bonds is 4. The molecule has 2 rings (SSSR count). The van der Waals surface area contributed by atoms with Gasteiger partial charge in [0, 0.05) is 11.7 Å². The first-order valence-corrected chi connectivity index (χ1v) is 6.31. The fourth-order valence-electron chi connectivity index (χ4n) is 1.67. The lowest BCUT2D eigenvalue weighted by molar-refractivity contribution is -0.142. The van der Waals surface area contributed by atoms with Gasteiger partial charge in [0.1, 0.15) is 0 Å². The van der Waals surface area contributed by atoms with Gasteiger partial charge in [-0.15, -0.1) is 0 Å². The van der Waals surface area contributed by atoms with Crippen molar-refractivity contribution >= 4 is 17.7 Å². The Labute approximate surface area is 112 Å². The summed E-state index contributed by atoms with van der Waals surface area (Å²) in [6.45, 7) is 3.30. The van der Waals surface area contributed by atoms with Crippen LogP contribution in [0, 0.1) is 0 Å². The number of hydrogen-bond donors (Lipinski definition) is 3. The van der Waals surface area contributed by atoms with Crippen molar-refractivity contribution in [3.63, 3.8) is 0 Å². The number of hydrogen-bond acceptors (Lipinski definition) is 2. The molecule has 1 fully saturated rings. The first-order valence-electron chi connectivity index (χ1n) is 6.31. The van der Waals surface area contributed by atoms with Crippen molar-refractivity contribution in [1.29, 1.82) is 0 Å². The van der Waals surface area contributed by atoms with Crippen LogP contribution in [-0.4, -0.2) is 23.1 Å². The molecule has 0 saturated heterocycles. The third kappa shape index (κ3) is 3.24. The van der Waals surface area contributed by atoms with Crippen molar-refractivity contribution in [1.82, 2.24) is 5.32 Å². The van der Waals surface area contributed by atoms with Crippen LogP contribution in [0.3, 0.4) is 0 Å². The molecule has 3 N–H and O–H groups in total. The van der Waals surface area contributed by atoms with E-state index in [4.69, 9.17) is 5.11 Å². The zero-order chi connectivity index (χ0) is 14.0. The highest BCUT2D eigenvalue weighted by atomic mass is 16.4. The van der Waals surface area contributed by atoms with E-state index < -0.39 is 11.4 Å². The summed E-state index contributed by atoms with van der Waals surface area (Å²) in [7, 11) is 0. The van der Waals surface area contributed by atoms with Crippen LogP contribution in [-0.2, 0) is 10.2 Å². The van der Waals surface area contributed by atoms with E-state index in [1.54, 1.807) is 38.1 Å². The van der Waals surface area contributed by atoms with Crippen molar-refractivity contribution < 1.29 is 14.7 Å². The maximum absolute atomic E-state index is 11.5. The van der Waals surface area contributed by atoms with E-state index in [2.05, 4.69) is 10.6 Å². The second kappa shape index (κ2) is 4.91. The van der Waals surface area contributed by atoms with Gasteiger partial charge >= 0.3 is 12.0 Å². The monoisotopic (exact) mass is 262 g/mol. The summed E-state index contributed by atoms with van der Waals surface area (Å²) in [6.07, 6.45) is 2.08. The lowest BCUT2D eigenvalue weighted by atomic mass is 9.85. The molecule has 1 aromatic rings. The van der Waals surface area contributed by atoms with Gasteiger partial charge in [-0.25, -0.2) is 4.79 Å². The number of carbonyl (C=O) groups is 2. The van der Waals surface area contributed by atoms with Crippen molar-refractivity contribution in [2.24, 2.45) is 0 Å². The van der Waals surface area contributed by atoms with E-state index >= 15 is 0 Å². The number of aliphatic carboxylic acids is 1. The van der Waals surface area contributed by atoms with E-state index in [1.807, 2.05) is 0 Å². The van der Waals surface area contributed by atoms with Gasteiger partial charge in [-0.3, -0.25) is 4.79 Å². The van der Waals surface area contributed by atoms with Crippen LogP contribution in [0.2, 0.25) is 0 Å². The normalized spacial score (nSPS) is 14.8. The van der Waals surface area contributed by atoms with Crippen molar-refractivity contribution in [3.8, 4) is 0 Å². The molecule has 1 saturated carbocycles. The standard InChI is InChI=1S/C14H18N2O3/c1-14(2,12(17)18)9-3-5-10(6-4-9)15-13(19)16-11-7-8-11/h3-6,11H,7-8H2,1-2H3,(H,17,18)(H2,15,16,19). The predicted molar refractivity (Wildman–Crippen MR) is 72.3 cm³/mol. The van der Waals surface area contributed by atoms with E-state index in [0.717, 1.165) is 12.8 Å². The summed E-state index contributed by atoms with van der Waals surface area (Å²) in [6, 6.07) is 6.97. The van der Waals surface area contributed by atoms with Crippen LogP contribution in [0.1, 0.15) is 32.3 Å². The second-order valence-corrected chi connectivity index (χ2v) is 5.38. The topological polar surface area (TPSA) is 78.4 Å². The van der Waals surface area contributed by atoms with Gasteiger partial charge < -0.3 is 15.7 Å². The summed E-state index contributed by atoms with van der Waals surface area (Å²) in [5.41, 5.74) is 0.422. The van der Waals surface area contributed by atoms with Crippen molar-refractivity contribution in [2.45, 2.75) is 38.1 Å². The summed E-state index contributed by atoms with van der Waals surface area (Å²) in [4.78, 5) is 22.7. The van der Waals surface area contributed by atoms with Gasteiger partial charge in [-0.05, 0) is 44.4 Å². The van der Waals surface area contributed by atoms with Gasteiger partial charge in [0.2, 0.25) is 0 Å². The molecule has 0 aliphatic heterocycles. The van der Waals surface area contributed by atoms with Crippen LogP contribution < -0.4 is 10.6 Å². The molecule has 0 heterocycles. The maximum Gasteiger partial charge on any atom is 0.319 e. The molecular weight excluding hydrogens is 244 g/mol. The van der Waals surface area contributed by atoms with Crippen molar-refractivity contribution in [2.75, 3.05) is 5.32 Å². The SMILES string of the molecule is CC(C)(C(=O)O)c1ccc(NC(=O)NC2CC2)cc1. The van der Waals surface area contributed by atoms with Crippen LogP contribution in [0.25, 0.3) is 0 Å².